The first-order valence-electron chi connectivity index (χ1n) is 8.16. The summed E-state index contributed by atoms with van der Waals surface area (Å²) in [5.74, 6) is 0.0518. The molecular formula is C22H16N2O. The molecule has 1 fully saturated rings. The Morgan fingerprint density at radius 2 is 1.28 bits per heavy atom. The molecule has 0 heterocycles. The summed E-state index contributed by atoms with van der Waals surface area (Å²) in [5, 5.41) is 18.0. The number of allylic oxidation sites excluding steroid dienone is 2. The monoisotopic (exact) mass is 324 g/mol. The lowest BCUT2D eigenvalue weighted by molar-refractivity contribution is -0.112. The van der Waals surface area contributed by atoms with Gasteiger partial charge in [0.1, 0.15) is 0 Å². The standard InChI is InChI=1S/C22H16N2O/c23-14-18-6-1-4-16(10-18)12-20-8-3-9-21(22(20)25)13-17-5-2-7-19(11-17)15-24/h1-2,4-7,10-13H,3,8-9H2/b20-12+,21-13?. The quantitative estimate of drug-likeness (QED) is 0.755. The first-order valence-corrected chi connectivity index (χ1v) is 8.16. The van der Waals surface area contributed by atoms with Crippen molar-refractivity contribution in [2.75, 3.05) is 0 Å². The van der Waals surface area contributed by atoms with Gasteiger partial charge in [0.15, 0.2) is 5.78 Å². The maximum Gasteiger partial charge on any atom is 0.185 e. The van der Waals surface area contributed by atoms with Crippen molar-refractivity contribution in [2.24, 2.45) is 0 Å². The summed E-state index contributed by atoms with van der Waals surface area (Å²) < 4.78 is 0. The van der Waals surface area contributed by atoms with Gasteiger partial charge >= 0.3 is 0 Å². The van der Waals surface area contributed by atoms with Crippen molar-refractivity contribution in [1.82, 2.24) is 0 Å². The van der Waals surface area contributed by atoms with Gasteiger partial charge in [-0.05, 0) is 66.8 Å². The summed E-state index contributed by atoms with van der Waals surface area (Å²) in [4.78, 5) is 12.8. The molecule has 2 aromatic carbocycles. The Morgan fingerprint density at radius 3 is 1.72 bits per heavy atom. The molecule has 3 nitrogen and oxygen atoms in total. The van der Waals surface area contributed by atoms with Crippen LogP contribution in [0.2, 0.25) is 0 Å². The van der Waals surface area contributed by atoms with Gasteiger partial charge in [-0.2, -0.15) is 10.5 Å². The van der Waals surface area contributed by atoms with Crippen LogP contribution in [0.25, 0.3) is 12.2 Å². The highest BCUT2D eigenvalue weighted by atomic mass is 16.1. The number of carbonyl (C=O) groups excluding carboxylic acids is 1. The van der Waals surface area contributed by atoms with Crippen molar-refractivity contribution in [3.63, 3.8) is 0 Å². The molecule has 0 atom stereocenters. The van der Waals surface area contributed by atoms with Gasteiger partial charge in [-0.1, -0.05) is 24.3 Å². The lowest BCUT2D eigenvalue weighted by atomic mass is 9.86. The third kappa shape index (κ3) is 3.91. The van der Waals surface area contributed by atoms with Crippen molar-refractivity contribution in [3.8, 4) is 12.1 Å². The van der Waals surface area contributed by atoms with Crippen LogP contribution in [0.15, 0.2) is 59.7 Å². The molecule has 0 bridgehead atoms. The smallest absolute Gasteiger partial charge is 0.185 e. The molecule has 120 valence electrons. The number of carbonyl (C=O) groups is 1. The average Bonchev–Trinajstić information content (AvgIpc) is 2.65. The van der Waals surface area contributed by atoms with E-state index < -0.39 is 0 Å². The third-order valence-corrected chi connectivity index (χ3v) is 4.19. The fourth-order valence-electron chi connectivity index (χ4n) is 2.98. The van der Waals surface area contributed by atoms with Crippen LogP contribution in [0.5, 0.6) is 0 Å². The van der Waals surface area contributed by atoms with Crippen LogP contribution >= 0.6 is 0 Å². The molecule has 2 aromatic rings. The maximum absolute atomic E-state index is 12.8. The molecule has 25 heavy (non-hydrogen) atoms. The lowest BCUT2D eigenvalue weighted by Gasteiger charge is -2.16. The van der Waals surface area contributed by atoms with Crippen molar-refractivity contribution < 1.29 is 4.79 Å². The number of hydrogen-bond donors (Lipinski definition) is 0. The van der Waals surface area contributed by atoms with Crippen LogP contribution in [0.3, 0.4) is 0 Å². The van der Waals surface area contributed by atoms with Gasteiger partial charge in [0, 0.05) is 11.1 Å². The van der Waals surface area contributed by atoms with E-state index in [1.165, 1.54) is 0 Å². The van der Waals surface area contributed by atoms with Crippen molar-refractivity contribution in [3.05, 3.63) is 81.9 Å². The molecule has 1 aliphatic rings. The highest BCUT2D eigenvalue weighted by Gasteiger charge is 2.20. The van der Waals surface area contributed by atoms with Crippen molar-refractivity contribution in [1.29, 1.82) is 10.5 Å². The highest BCUT2D eigenvalue weighted by molar-refractivity contribution is 6.14. The second kappa shape index (κ2) is 7.43. The molecule has 0 aromatic heterocycles. The highest BCUT2D eigenvalue weighted by Crippen LogP contribution is 2.28. The molecule has 0 radical (unpaired) electrons. The Balaban J connectivity index is 1.90. The minimum atomic E-state index is 0.0518. The first-order chi connectivity index (χ1) is 12.2. The molecule has 1 saturated carbocycles. The van der Waals surface area contributed by atoms with E-state index in [0.29, 0.717) is 11.1 Å². The lowest BCUT2D eigenvalue weighted by Crippen LogP contribution is -2.12. The van der Waals surface area contributed by atoms with Crippen LogP contribution in [0.1, 0.15) is 41.5 Å². The second-order valence-electron chi connectivity index (χ2n) is 6.00. The normalized spacial score (nSPS) is 17.3. The zero-order chi connectivity index (χ0) is 17.6. The third-order valence-electron chi connectivity index (χ3n) is 4.19. The van der Waals surface area contributed by atoms with E-state index in [4.69, 9.17) is 10.5 Å². The van der Waals surface area contributed by atoms with Gasteiger partial charge in [-0.15, -0.1) is 0 Å². The molecule has 0 unspecified atom stereocenters. The van der Waals surface area contributed by atoms with E-state index in [-0.39, 0.29) is 5.78 Å². The molecule has 0 N–H and O–H groups in total. The van der Waals surface area contributed by atoms with E-state index in [9.17, 15) is 4.79 Å². The predicted molar refractivity (Wildman–Crippen MR) is 97.1 cm³/mol. The summed E-state index contributed by atoms with van der Waals surface area (Å²) >= 11 is 0. The van der Waals surface area contributed by atoms with Gasteiger partial charge in [-0.3, -0.25) is 4.79 Å². The number of nitrogens with zero attached hydrogens (tertiary/aromatic N) is 2. The van der Waals surface area contributed by atoms with Crippen molar-refractivity contribution >= 4 is 17.9 Å². The molecule has 0 aliphatic heterocycles. The number of Topliss-reactive ketones (excluding diaryl/α,β-unsaturated/α-hetero) is 1. The number of benzene rings is 2. The van der Waals surface area contributed by atoms with Crippen molar-refractivity contribution in [2.45, 2.75) is 19.3 Å². The molecule has 3 rings (SSSR count). The largest absolute Gasteiger partial charge is 0.289 e. The molecule has 3 heteroatoms. The van der Waals surface area contributed by atoms with Crippen LogP contribution in [-0.2, 0) is 4.79 Å². The summed E-state index contributed by atoms with van der Waals surface area (Å²) in [6, 6.07) is 18.7. The predicted octanol–water partition coefficient (Wildman–Crippen LogP) is 4.65. The molecule has 0 saturated heterocycles. The second-order valence-corrected chi connectivity index (χ2v) is 6.00. The maximum atomic E-state index is 12.8. The molecule has 0 spiro atoms. The zero-order valence-electron chi connectivity index (χ0n) is 13.7. The van der Waals surface area contributed by atoms with E-state index in [2.05, 4.69) is 12.1 Å². The number of nitriles is 2. The number of hydrogen-bond acceptors (Lipinski definition) is 3. The summed E-state index contributed by atoms with van der Waals surface area (Å²) in [5.41, 5.74) is 4.45. The van der Waals surface area contributed by atoms with E-state index >= 15 is 0 Å². The summed E-state index contributed by atoms with van der Waals surface area (Å²) in [6.45, 7) is 0. The Bertz CT molecular complexity index is 891. The fourth-order valence-corrected chi connectivity index (χ4v) is 2.98. The van der Waals surface area contributed by atoms with Crippen LogP contribution in [-0.4, -0.2) is 5.78 Å². The Kier molecular flexibility index (Phi) is 4.88. The Morgan fingerprint density at radius 1 is 0.800 bits per heavy atom. The number of rotatable bonds is 2. The van der Waals surface area contributed by atoms with Gasteiger partial charge in [0.2, 0.25) is 0 Å². The fraction of sp³-hybridized carbons (Fsp3) is 0.136. The Hall–Kier alpha value is -3.43. The van der Waals surface area contributed by atoms with Crippen LogP contribution in [0.4, 0.5) is 0 Å². The van der Waals surface area contributed by atoms with E-state index in [1.54, 1.807) is 24.3 Å². The molecule has 1 aliphatic carbocycles. The minimum Gasteiger partial charge on any atom is -0.289 e. The SMILES string of the molecule is N#Cc1cccc(C=C2CCC/C(=C\c3cccc(C#N)c3)C2=O)c1. The van der Waals surface area contributed by atoms with Crippen LogP contribution in [0, 0.1) is 22.7 Å². The minimum absolute atomic E-state index is 0.0518. The summed E-state index contributed by atoms with van der Waals surface area (Å²) in [6.07, 6.45) is 6.15. The zero-order valence-corrected chi connectivity index (χ0v) is 13.7. The molecule has 0 amide bonds. The first kappa shape index (κ1) is 16.4. The van der Waals surface area contributed by atoms with Gasteiger partial charge in [0.25, 0.3) is 0 Å². The topological polar surface area (TPSA) is 64.7 Å². The molecular weight excluding hydrogens is 308 g/mol. The van der Waals surface area contributed by atoms with E-state index in [1.807, 2.05) is 36.4 Å². The Labute approximate surface area is 147 Å². The van der Waals surface area contributed by atoms with E-state index in [0.717, 1.165) is 41.5 Å². The number of ketones is 1. The van der Waals surface area contributed by atoms with Crippen LogP contribution < -0.4 is 0 Å². The summed E-state index contributed by atoms with van der Waals surface area (Å²) in [7, 11) is 0. The van der Waals surface area contributed by atoms with Gasteiger partial charge in [0.05, 0.1) is 23.3 Å². The van der Waals surface area contributed by atoms with Gasteiger partial charge in [-0.25, -0.2) is 0 Å². The van der Waals surface area contributed by atoms with Gasteiger partial charge < -0.3 is 0 Å². The average molecular weight is 324 g/mol.